The number of hydrogen-bond donors (Lipinski definition) is 2. The zero-order chi connectivity index (χ0) is 12.5. The molecule has 0 fully saturated rings. The molecule has 1 aromatic carbocycles. The molecule has 0 amide bonds. The molecule has 3 heteroatoms. The Balaban J connectivity index is 2.36. The number of aryl methyl sites for hydroxylation is 1. The molecule has 0 spiro atoms. The molecule has 0 saturated heterocycles. The first-order valence-electron chi connectivity index (χ1n) is 6.41. The van der Waals surface area contributed by atoms with Gasteiger partial charge in [-0.1, -0.05) is 19.1 Å². The van der Waals surface area contributed by atoms with Crippen LogP contribution in [0.5, 0.6) is 5.75 Å². The average Bonchev–Trinajstić information content (AvgIpc) is 2.32. The average molecular weight is 236 g/mol. The van der Waals surface area contributed by atoms with Crippen LogP contribution in [0.3, 0.4) is 0 Å². The Hall–Kier alpha value is -1.06. The Morgan fingerprint density at radius 2 is 1.88 bits per heavy atom. The third-order valence-corrected chi connectivity index (χ3v) is 2.60. The van der Waals surface area contributed by atoms with E-state index in [1.54, 1.807) is 0 Å². The zero-order valence-electron chi connectivity index (χ0n) is 11.2. The van der Waals surface area contributed by atoms with Gasteiger partial charge in [-0.2, -0.15) is 0 Å². The van der Waals surface area contributed by atoms with E-state index < -0.39 is 0 Å². The standard InChI is InChI=1S/C14H24N2O/c1-4-15-8-9-16-11-13-6-7-14(17-5-2)12(3)10-13/h6-7,10,15-16H,4-5,8-9,11H2,1-3H3. The Morgan fingerprint density at radius 1 is 1.12 bits per heavy atom. The summed E-state index contributed by atoms with van der Waals surface area (Å²) in [6.45, 7) is 10.9. The van der Waals surface area contributed by atoms with Gasteiger partial charge >= 0.3 is 0 Å². The van der Waals surface area contributed by atoms with E-state index in [9.17, 15) is 0 Å². The molecule has 0 aromatic heterocycles. The molecule has 1 aromatic rings. The zero-order valence-corrected chi connectivity index (χ0v) is 11.2. The molecule has 1 rings (SSSR count). The molecule has 0 aliphatic rings. The van der Waals surface area contributed by atoms with E-state index in [2.05, 4.69) is 42.7 Å². The lowest BCUT2D eigenvalue weighted by molar-refractivity contribution is 0.338. The van der Waals surface area contributed by atoms with Gasteiger partial charge in [-0.05, 0) is 37.6 Å². The summed E-state index contributed by atoms with van der Waals surface area (Å²) in [5, 5.41) is 6.70. The van der Waals surface area contributed by atoms with Crippen molar-refractivity contribution in [1.29, 1.82) is 0 Å². The van der Waals surface area contributed by atoms with E-state index in [4.69, 9.17) is 4.74 Å². The number of ether oxygens (including phenoxy) is 1. The highest BCUT2D eigenvalue weighted by molar-refractivity contribution is 5.36. The van der Waals surface area contributed by atoms with Gasteiger partial charge < -0.3 is 15.4 Å². The smallest absolute Gasteiger partial charge is 0.122 e. The van der Waals surface area contributed by atoms with Crippen molar-refractivity contribution in [2.45, 2.75) is 27.3 Å². The van der Waals surface area contributed by atoms with Crippen LogP contribution in [-0.4, -0.2) is 26.2 Å². The molecule has 0 saturated carbocycles. The summed E-state index contributed by atoms with van der Waals surface area (Å²) in [6.07, 6.45) is 0. The maximum Gasteiger partial charge on any atom is 0.122 e. The van der Waals surface area contributed by atoms with Crippen LogP contribution in [0.15, 0.2) is 18.2 Å². The van der Waals surface area contributed by atoms with Crippen LogP contribution in [0.2, 0.25) is 0 Å². The first kappa shape index (κ1) is 14.0. The molecule has 3 nitrogen and oxygen atoms in total. The number of benzene rings is 1. The minimum Gasteiger partial charge on any atom is -0.494 e. The summed E-state index contributed by atoms with van der Waals surface area (Å²) >= 11 is 0. The van der Waals surface area contributed by atoms with E-state index in [1.165, 1.54) is 11.1 Å². The van der Waals surface area contributed by atoms with Gasteiger partial charge in [-0.25, -0.2) is 0 Å². The van der Waals surface area contributed by atoms with Crippen LogP contribution in [0.25, 0.3) is 0 Å². The minimum absolute atomic E-state index is 0.723. The molecule has 2 N–H and O–H groups in total. The monoisotopic (exact) mass is 236 g/mol. The lowest BCUT2D eigenvalue weighted by Crippen LogP contribution is -2.26. The summed E-state index contributed by atoms with van der Waals surface area (Å²) in [7, 11) is 0. The van der Waals surface area contributed by atoms with Crippen LogP contribution in [0.4, 0.5) is 0 Å². The second-order valence-corrected chi connectivity index (χ2v) is 4.06. The van der Waals surface area contributed by atoms with Gasteiger partial charge in [0.25, 0.3) is 0 Å². The number of nitrogens with one attached hydrogen (secondary N) is 2. The number of rotatable bonds is 8. The number of hydrogen-bond acceptors (Lipinski definition) is 3. The maximum atomic E-state index is 5.52. The third kappa shape index (κ3) is 5.20. The Morgan fingerprint density at radius 3 is 2.53 bits per heavy atom. The van der Waals surface area contributed by atoms with Crippen molar-refractivity contribution in [2.75, 3.05) is 26.2 Å². The second kappa shape index (κ2) is 8.09. The molecule has 0 radical (unpaired) electrons. The summed E-state index contributed by atoms with van der Waals surface area (Å²) in [5.74, 6) is 0.990. The van der Waals surface area contributed by atoms with E-state index in [0.29, 0.717) is 0 Å². The molecular formula is C14H24N2O. The maximum absolute atomic E-state index is 5.52. The lowest BCUT2D eigenvalue weighted by atomic mass is 10.1. The highest BCUT2D eigenvalue weighted by Crippen LogP contribution is 2.18. The first-order valence-corrected chi connectivity index (χ1v) is 6.41. The van der Waals surface area contributed by atoms with Crippen LogP contribution in [0, 0.1) is 6.92 Å². The minimum atomic E-state index is 0.723. The van der Waals surface area contributed by atoms with E-state index >= 15 is 0 Å². The first-order chi connectivity index (χ1) is 8.27. The summed E-state index contributed by atoms with van der Waals surface area (Å²) in [4.78, 5) is 0. The largest absolute Gasteiger partial charge is 0.494 e. The van der Waals surface area contributed by atoms with Crippen molar-refractivity contribution < 1.29 is 4.74 Å². The van der Waals surface area contributed by atoms with Crippen LogP contribution >= 0.6 is 0 Å². The Bertz CT molecular complexity index is 326. The third-order valence-electron chi connectivity index (χ3n) is 2.60. The van der Waals surface area contributed by atoms with Gasteiger partial charge in [-0.15, -0.1) is 0 Å². The molecule has 0 aliphatic heterocycles. The summed E-state index contributed by atoms with van der Waals surface area (Å²) in [6, 6.07) is 6.36. The van der Waals surface area contributed by atoms with Gasteiger partial charge in [-0.3, -0.25) is 0 Å². The Labute approximate surface area is 105 Å². The van der Waals surface area contributed by atoms with Gasteiger partial charge in [0.1, 0.15) is 5.75 Å². The predicted octanol–water partition coefficient (Wildman–Crippen LogP) is 2.09. The molecule has 0 bridgehead atoms. The van der Waals surface area contributed by atoms with Crippen molar-refractivity contribution in [1.82, 2.24) is 10.6 Å². The fourth-order valence-corrected chi connectivity index (χ4v) is 1.73. The lowest BCUT2D eigenvalue weighted by Gasteiger charge is -2.10. The number of likely N-dealkylation sites (N-methyl/N-ethyl adjacent to an activating group) is 1. The molecule has 0 unspecified atom stereocenters. The van der Waals surface area contributed by atoms with E-state index in [1.807, 2.05) is 6.92 Å². The van der Waals surface area contributed by atoms with Gasteiger partial charge in [0.2, 0.25) is 0 Å². The van der Waals surface area contributed by atoms with E-state index in [0.717, 1.165) is 38.5 Å². The summed E-state index contributed by atoms with van der Waals surface area (Å²) in [5.41, 5.74) is 2.51. The van der Waals surface area contributed by atoms with Crippen LogP contribution < -0.4 is 15.4 Å². The topological polar surface area (TPSA) is 33.3 Å². The quantitative estimate of drug-likeness (QED) is 0.678. The fourth-order valence-electron chi connectivity index (χ4n) is 1.73. The van der Waals surface area contributed by atoms with Crippen molar-refractivity contribution in [3.63, 3.8) is 0 Å². The van der Waals surface area contributed by atoms with Crippen molar-refractivity contribution >= 4 is 0 Å². The van der Waals surface area contributed by atoms with E-state index in [-0.39, 0.29) is 0 Å². The molecule has 0 heterocycles. The SMILES string of the molecule is CCNCCNCc1ccc(OCC)c(C)c1. The van der Waals surface area contributed by atoms with Crippen molar-refractivity contribution in [3.05, 3.63) is 29.3 Å². The van der Waals surface area contributed by atoms with Gasteiger partial charge in [0, 0.05) is 19.6 Å². The van der Waals surface area contributed by atoms with Crippen LogP contribution in [0.1, 0.15) is 25.0 Å². The van der Waals surface area contributed by atoms with Crippen molar-refractivity contribution in [3.8, 4) is 5.75 Å². The molecule has 96 valence electrons. The van der Waals surface area contributed by atoms with Crippen molar-refractivity contribution in [2.24, 2.45) is 0 Å². The highest BCUT2D eigenvalue weighted by atomic mass is 16.5. The highest BCUT2D eigenvalue weighted by Gasteiger charge is 2.00. The predicted molar refractivity (Wildman–Crippen MR) is 72.6 cm³/mol. The normalized spacial score (nSPS) is 10.5. The second-order valence-electron chi connectivity index (χ2n) is 4.06. The Kier molecular flexibility index (Phi) is 6.67. The van der Waals surface area contributed by atoms with Gasteiger partial charge in [0.15, 0.2) is 0 Å². The molecule has 17 heavy (non-hydrogen) atoms. The molecular weight excluding hydrogens is 212 g/mol. The molecule has 0 atom stereocenters. The van der Waals surface area contributed by atoms with Crippen LogP contribution in [-0.2, 0) is 6.54 Å². The van der Waals surface area contributed by atoms with Gasteiger partial charge in [0.05, 0.1) is 6.61 Å². The fraction of sp³-hybridized carbons (Fsp3) is 0.571. The molecule has 0 aliphatic carbocycles. The summed E-state index contributed by atoms with van der Waals surface area (Å²) < 4.78 is 5.52.